The number of hydrogen-bond acceptors (Lipinski definition) is 0. The van der Waals surface area contributed by atoms with Crippen molar-refractivity contribution in [1.29, 1.82) is 0 Å². The molecular formula is C2HCl2F2I. The molecule has 0 nitrogen and oxygen atoms in total. The molecule has 1 unspecified atom stereocenters. The fourth-order valence-corrected chi connectivity index (χ4v) is 0. The van der Waals surface area contributed by atoms with E-state index in [-0.39, 0.29) is 0 Å². The van der Waals surface area contributed by atoms with Crippen LogP contribution in [0, 0.1) is 0 Å². The van der Waals surface area contributed by atoms with Crippen LogP contribution in [0.15, 0.2) is 0 Å². The molecule has 0 aromatic rings. The highest BCUT2D eigenvalue weighted by molar-refractivity contribution is 14.1. The molecule has 0 saturated heterocycles. The first-order valence-corrected chi connectivity index (χ1v) is 3.35. The van der Waals surface area contributed by atoms with Crippen molar-refractivity contribution in [3.8, 4) is 0 Å². The molecule has 0 rings (SSSR count). The van der Waals surface area contributed by atoms with Gasteiger partial charge in [-0.2, -0.15) is 8.78 Å². The van der Waals surface area contributed by atoms with Gasteiger partial charge >= 0.3 is 5.38 Å². The Morgan fingerprint density at radius 3 is 1.71 bits per heavy atom. The van der Waals surface area contributed by atoms with Crippen LogP contribution in [0.3, 0.4) is 0 Å². The first-order valence-electron chi connectivity index (χ1n) is 1.29. The smallest absolute Gasteiger partial charge is 0.186 e. The lowest BCUT2D eigenvalue weighted by molar-refractivity contribution is 0.118. The monoisotopic (exact) mass is 260 g/mol. The van der Waals surface area contributed by atoms with Gasteiger partial charge in [-0.3, -0.25) is 0 Å². The molecule has 0 aliphatic rings. The van der Waals surface area contributed by atoms with Crippen LogP contribution in [0.1, 0.15) is 0 Å². The van der Waals surface area contributed by atoms with E-state index >= 15 is 0 Å². The van der Waals surface area contributed by atoms with Crippen molar-refractivity contribution in [2.75, 3.05) is 0 Å². The molecule has 0 aromatic carbocycles. The van der Waals surface area contributed by atoms with Gasteiger partial charge in [0.1, 0.15) is 0 Å². The zero-order chi connectivity index (χ0) is 6.08. The molecule has 0 aliphatic carbocycles. The maximum absolute atomic E-state index is 11.5. The Hall–Kier alpha value is 1.17. The molecule has 7 heavy (non-hydrogen) atoms. The summed E-state index contributed by atoms with van der Waals surface area (Å²) in [4.78, 5) is 0. The van der Waals surface area contributed by atoms with Gasteiger partial charge in [0.05, 0.1) is 0 Å². The maximum Gasteiger partial charge on any atom is 0.346 e. The number of halogens is 5. The third-order valence-electron chi connectivity index (χ3n) is 0.247. The van der Waals surface area contributed by atoms with Crippen LogP contribution < -0.4 is 0 Å². The molecule has 0 radical (unpaired) electrons. The first-order chi connectivity index (χ1) is 2.94. The van der Waals surface area contributed by atoms with Crippen molar-refractivity contribution in [1.82, 2.24) is 0 Å². The average Bonchev–Trinajstić information content (AvgIpc) is 1.31. The maximum atomic E-state index is 11.5. The molecule has 0 fully saturated rings. The van der Waals surface area contributed by atoms with Gasteiger partial charge in [-0.1, -0.05) is 22.6 Å². The van der Waals surface area contributed by atoms with Crippen molar-refractivity contribution in [2.45, 2.75) is 8.77 Å². The highest BCUT2D eigenvalue weighted by Gasteiger charge is 2.32. The minimum atomic E-state index is -3.28. The van der Waals surface area contributed by atoms with Gasteiger partial charge in [-0.25, -0.2) is 0 Å². The molecule has 0 N–H and O–H groups in total. The van der Waals surface area contributed by atoms with E-state index < -0.39 is 8.77 Å². The Kier molecular flexibility index (Phi) is 3.08. The van der Waals surface area contributed by atoms with Crippen LogP contribution in [0.5, 0.6) is 0 Å². The van der Waals surface area contributed by atoms with Crippen molar-refractivity contribution in [2.24, 2.45) is 0 Å². The van der Waals surface area contributed by atoms with Gasteiger partial charge in [0.25, 0.3) is 0 Å². The zero-order valence-electron chi connectivity index (χ0n) is 2.97. The summed E-state index contributed by atoms with van der Waals surface area (Å²) in [7, 11) is 0. The molecule has 0 heterocycles. The molecule has 5 heteroatoms. The summed E-state index contributed by atoms with van der Waals surface area (Å²) < 4.78 is 21.6. The van der Waals surface area contributed by atoms with E-state index in [1.54, 1.807) is 0 Å². The first kappa shape index (κ1) is 8.17. The van der Waals surface area contributed by atoms with Gasteiger partial charge in [0.2, 0.25) is 0 Å². The van der Waals surface area contributed by atoms with Gasteiger partial charge in [-0.05, 0) is 11.6 Å². The van der Waals surface area contributed by atoms with E-state index in [4.69, 9.17) is 11.6 Å². The fourth-order valence-electron chi connectivity index (χ4n) is 0. The molecular weight excluding hydrogens is 260 g/mol. The second-order valence-electron chi connectivity index (χ2n) is 0.842. The lowest BCUT2D eigenvalue weighted by atomic mass is 10.8. The molecule has 0 bridgehead atoms. The summed E-state index contributed by atoms with van der Waals surface area (Å²) in [6, 6.07) is 0. The average molecular weight is 261 g/mol. The number of hydrogen-bond donors (Lipinski definition) is 0. The van der Waals surface area contributed by atoms with Crippen LogP contribution in [-0.2, 0) is 0 Å². The Labute approximate surface area is 63.3 Å². The van der Waals surface area contributed by atoms with E-state index in [1.165, 1.54) is 22.6 Å². The quantitative estimate of drug-likeness (QED) is 0.502. The largest absolute Gasteiger partial charge is 0.346 e. The van der Waals surface area contributed by atoms with E-state index in [0.29, 0.717) is 0 Å². The van der Waals surface area contributed by atoms with Gasteiger partial charge in [0.15, 0.2) is 3.38 Å². The van der Waals surface area contributed by atoms with Crippen LogP contribution in [-0.4, -0.2) is 8.77 Å². The molecule has 44 valence electrons. The van der Waals surface area contributed by atoms with Crippen molar-refractivity contribution < 1.29 is 8.78 Å². The minimum absolute atomic E-state index is 1.33. The minimum Gasteiger partial charge on any atom is -0.186 e. The van der Waals surface area contributed by atoms with Crippen molar-refractivity contribution in [3.05, 3.63) is 0 Å². The van der Waals surface area contributed by atoms with Crippen molar-refractivity contribution >= 4 is 45.8 Å². The standard InChI is InChI=1S/C2HCl2F2I/c3-1(7)2(4,5)6/h1H. The van der Waals surface area contributed by atoms with E-state index in [9.17, 15) is 8.78 Å². The van der Waals surface area contributed by atoms with Crippen LogP contribution >= 0.6 is 45.8 Å². The van der Waals surface area contributed by atoms with Gasteiger partial charge < -0.3 is 0 Å². The lowest BCUT2D eigenvalue weighted by Crippen LogP contribution is -2.14. The molecule has 1 atom stereocenters. The summed E-state index contributed by atoms with van der Waals surface area (Å²) >= 11 is 10.6. The Bertz CT molecular complexity index is 59.2. The second-order valence-corrected chi connectivity index (χ2v) is 3.76. The Morgan fingerprint density at radius 2 is 1.71 bits per heavy atom. The predicted molar refractivity (Wildman–Crippen MR) is 34.5 cm³/mol. The zero-order valence-corrected chi connectivity index (χ0v) is 6.64. The van der Waals surface area contributed by atoms with Crippen molar-refractivity contribution in [3.63, 3.8) is 0 Å². The van der Waals surface area contributed by atoms with Crippen LogP contribution in [0.4, 0.5) is 8.78 Å². The third kappa shape index (κ3) is 3.73. The molecule has 0 spiro atoms. The molecule has 0 amide bonds. The molecule has 0 saturated carbocycles. The highest BCUT2D eigenvalue weighted by atomic mass is 127. The van der Waals surface area contributed by atoms with E-state index in [0.717, 1.165) is 0 Å². The Balaban J connectivity index is 3.54. The fraction of sp³-hybridized carbons (Fsp3) is 1.00. The summed E-state index contributed by atoms with van der Waals surface area (Å²) in [6.07, 6.45) is 0. The summed E-state index contributed by atoms with van der Waals surface area (Å²) in [5.74, 6) is 0. The summed E-state index contributed by atoms with van der Waals surface area (Å²) in [5, 5.41) is -3.28. The van der Waals surface area contributed by atoms with Crippen LogP contribution in [0.2, 0.25) is 0 Å². The Morgan fingerprint density at radius 1 is 1.57 bits per heavy atom. The van der Waals surface area contributed by atoms with Gasteiger partial charge in [0, 0.05) is 0 Å². The SMILES string of the molecule is FC(F)(Cl)C(Cl)I. The second kappa shape index (κ2) is 2.64. The topological polar surface area (TPSA) is 0 Å². The lowest BCUT2D eigenvalue weighted by Gasteiger charge is -2.05. The van der Waals surface area contributed by atoms with E-state index in [2.05, 4.69) is 11.6 Å². The molecule has 0 aliphatic heterocycles. The highest BCUT2D eigenvalue weighted by Crippen LogP contribution is 2.31. The summed E-state index contributed by atoms with van der Waals surface area (Å²) in [6.45, 7) is 0. The number of rotatable bonds is 1. The van der Waals surface area contributed by atoms with Gasteiger partial charge in [-0.15, -0.1) is 11.6 Å². The van der Waals surface area contributed by atoms with E-state index in [1.807, 2.05) is 0 Å². The third-order valence-corrected chi connectivity index (χ3v) is 2.00. The number of alkyl halides is 5. The predicted octanol–water partition coefficient (Wildman–Crippen LogP) is 2.82. The summed E-state index contributed by atoms with van der Waals surface area (Å²) in [5.41, 5.74) is 0. The van der Waals surface area contributed by atoms with Crippen LogP contribution in [0.25, 0.3) is 0 Å². The molecule has 0 aromatic heterocycles. The normalized spacial score (nSPS) is 16.7.